The maximum Gasteiger partial charge on any atom is 0.156 e. The maximum absolute atomic E-state index is 10.9. The van der Waals surface area contributed by atoms with E-state index in [4.69, 9.17) is 21.1 Å². The van der Waals surface area contributed by atoms with Gasteiger partial charge >= 0.3 is 0 Å². The van der Waals surface area contributed by atoms with Crippen LogP contribution in [0.25, 0.3) is 0 Å². The van der Waals surface area contributed by atoms with Crippen molar-refractivity contribution in [3.63, 3.8) is 0 Å². The minimum Gasteiger partial charge on any atom is -0.382 e. The van der Waals surface area contributed by atoms with Crippen LogP contribution in [-0.2, 0) is 9.47 Å². The lowest BCUT2D eigenvalue weighted by Gasteiger charge is -2.09. The molecule has 1 N–H and O–H groups in total. The molecule has 0 amide bonds. The fourth-order valence-corrected chi connectivity index (χ4v) is 1.67. The van der Waals surface area contributed by atoms with Gasteiger partial charge in [0.1, 0.15) is 16.8 Å². The summed E-state index contributed by atoms with van der Waals surface area (Å²) in [5.41, 5.74) is 0.285. The minimum absolute atomic E-state index is 0.168. The minimum atomic E-state index is 0.168. The summed E-state index contributed by atoms with van der Waals surface area (Å²) in [6.45, 7) is 4.14. The van der Waals surface area contributed by atoms with Crippen LogP contribution in [0.1, 0.15) is 22.6 Å². The summed E-state index contributed by atoms with van der Waals surface area (Å²) in [6.07, 6.45) is 1.45. The van der Waals surface area contributed by atoms with Crippen molar-refractivity contribution in [3.8, 4) is 0 Å². The third-order valence-corrected chi connectivity index (χ3v) is 2.61. The van der Waals surface area contributed by atoms with Crippen LogP contribution in [0.4, 0.5) is 5.82 Å². The second kappa shape index (κ2) is 8.79. The highest BCUT2D eigenvalue weighted by atomic mass is 35.5. The topological polar surface area (TPSA) is 73.3 Å². The van der Waals surface area contributed by atoms with Gasteiger partial charge in [-0.3, -0.25) is 4.79 Å². The lowest BCUT2D eigenvalue weighted by molar-refractivity contribution is 0.0705. The van der Waals surface area contributed by atoms with E-state index in [1.807, 2.05) is 0 Å². The highest BCUT2D eigenvalue weighted by Crippen LogP contribution is 2.18. The molecular weight excluding hydrogens is 270 g/mol. The molecule has 0 fully saturated rings. The van der Waals surface area contributed by atoms with Gasteiger partial charge in [0.2, 0.25) is 0 Å². The number of rotatable bonds is 9. The zero-order valence-electron chi connectivity index (χ0n) is 11.1. The predicted octanol–water partition coefficient (Wildman–Crippen LogP) is 1.72. The zero-order chi connectivity index (χ0) is 14.1. The van der Waals surface area contributed by atoms with E-state index in [2.05, 4.69) is 15.3 Å². The third-order valence-electron chi connectivity index (χ3n) is 2.32. The molecule has 1 aromatic heterocycles. The number of aromatic nitrogens is 2. The Morgan fingerprint density at radius 3 is 2.79 bits per heavy atom. The van der Waals surface area contributed by atoms with Crippen molar-refractivity contribution in [3.05, 3.63) is 16.5 Å². The first-order chi connectivity index (χ1) is 9.19. The molecule has 106 valence electrons. The first-order valence-electron chi connectivity index (χ1n) is 5.99. The molecule has 0 saturated heterocycles. The second-order valence-electron chi connectivity index (χ2n) is 3.83. The molecule has 0 saturated carbocycles. The summed E-state index contributed by atoms with van der Waals surface area (Å²) in [5.74, 6) is 0.985. The molecule has 19 heavy (non-hydrogen) atoms. The molecule has 0 radical (unpaired) electrons. The quantitative estimate of drug-likeness (QED) is 0.423. The maximum atomic E-state index is 10.9. The van der Waals surface area contributed by atoms with Gasteiger partial charge in [0.05, 0.1) is 18.8 Å². The van der Waals surface area contributed by atoms with E-state index in [1.165, 1.54) is 0 Å². The van der Waals surface area contributed by atoms with Crippen molar-refractivity contribution in [1.82, 2.24) is 9.97 Å². The number of nitrogens with one attached hydrogen (secondary N) is 1. The smallest absolute Gasteiger partial charge is 0.156 e. The van der Waals surface area contributed by atoms with Crippen LogP contribution in [-0.4, -0.2) is 49.7 Å². The summed E-state index contributed by atoms with van der Waals surface area (Å²) in [5, 5.41) is 3.23. The second-order valence-corrected chi connectivity index (χ2v) is 4.19. The number of hydrogen-bond donors (Lipinski definition) is 1. The molecule has 7 heteroatoms. The summed E-state index contributed by atoms with van der Waals surface area (Å²) in [4.78, 5) is 19.0. The Morgan fingerprint density at radius 2 is 2.11 bits per heavy atom. The van der Waals surface area contributed by atoms with Gasteiger partial charge in [-0.25, -0.2) is 9.97 Å². The van der Waals surface area contributed by atoms with Gasteiger partial charge in [0.25, 0.3) is 0 Å². The molecule has 1 aromatic rings. The summed E-state index contributed by atoms with van der Waals surface area (Å²) in [6, 6.07) is 0. The largest absolute Gasteiger partial charge is 0.382 e. The molecule has 0 aliphatic rings. The monoisotopic (exact) mass is 287 g/mol. The van der Waals surface area contributed by atoms with Gasteiger partial charge in [0.15, 0.2) is 6.29 Å². The van der Waals surface area contributed by atoms with Crippen molar-refractivity contribution in [1.29, 1.82) is 0 Å². The number of carbonyl (C=O) groups excluding carboxylic acids is 1. The van der Waals surface area contributed by atoms with Crippen LogP contribution < -0.4 is 5.32 Å². The molecular formula is C12H18ClN3O3. The molecule has 0 bridgehead atoms. The Bertz CT molecular complexity index is 415. The Hall–Kier alpha value is -1.24. The van der Waals surface area contributed by atoms with E-state index >= 15 is 0 Å². The molecule has 1 rings (SSSR count). The number of hydrogen-bond acceptors (Lipinski definition) is 6. The number of ether oxygens (including phenoxy) is 2. The van der Waals surface area contributed by atoms with Gasteiger partial charge in [-0.05, 0) is 13.3 Å². The first-order valence-corrected chi connectivity index (χ1v) is 6.36. The van der Waals surface area contributed by atoms with Gasteiger partial charge in [-0.2, -0.15) is 0 Å². The average molecular weight is 288 g/mol. The zero-order valence-corrected chi connectivity index (χ0v) is 11.9. The Kier molecular flexibility index (Phi) is 7.32. The van der Waals surface area contributed by atoms with Crippen molar-refractivity contribution >= 4 is 23.7 Å². The lowest BCUT2D eigenvalue weighted by atomic mass is 10.3. The Morgan fingerprint density at radius 1 is 1.32 bits per heavy atom. The van der Waals surface area contributed by atoms with Crippen LogP contribution in [0.15, 0.2) is 0 Å². The van der Waals surface area contributed by atoms with Gasteiger partial charge in [0, 0.05) is 20.3 Å². The molecule has 6 nitrogen and oxygen atoms in total. The van der Waals surface area contributed by atoms with Gasteiger partial charge < -0.3 is 14.8 Å². The molecule has 0 atom stereocenters. The SMILES string of the molecule is COCCOCCCNc1nc(C)nc(Cl)c1C=O. The fourth-order valence-electron chi connectivity index (χ4n) is 1.41. The number of anilines is 1. The van der Waals surface area contributed by atoms with Crippen LogP contribution in [0, 0.1) is 6.92 Å². The summed E-state index contributed by atoms with van der Waals surface area (Å²) < 4.78 is 10.2. The molecule has 0 aromatic carbocycles. The van der Waals surface area contributed by atoms with Crippen LogP contribution in [0.2, 0.25) is 5.15 Å². The van der Waals surface area contributed by atoms with E-state index < -0.39 is 0 Å². The van der Waals surface area contributed by atoms with E-state index in [9.17, 15) is 4.79 Å². The first kappa shape index (κ1) is 15.8. The van der Waals surface area contributed by atoms with Crippen LogP contribution in [0.5, 0.6) is 0 Å². The number of nitrogens with zero attached hydrogens (tertiary/aromatic N) is 2. The normalized spacial score (nSPS) is 10.5. The Labute approximate surface area is 117 Å². The third kappa shape index (κ3) is 5.50. The van der Waals surface area contributed by atoms with Crippen molar-refractivity contribution in [2.24, 2.45) is 0 Å². The molecule has 0 spiro atoms. The van der Waals surface area contributed by atoms with Gasteiger partial charge in [-0.15, -0.1) is 0 Å². The van der Waals surface area contributed by atoms with Gasteiger partial charge in [-0.1, -0.05) is 11.6 Å². The number of methoxy groups -OCH3 is 1. The van der Waals surface area contributed by atoms with Crippen molar-refractivity contribution in [2.75, 3.05) is 38.8 Å². The highest BCUT2D eigenvalue weighted by molar-refractivity contribution is 6.32. The number of aldehydes is 1. The van der Waals surface area contributed by atoms with E-state index in [1.54, 1.807) is 14.0 Å². The van der Waals surface area contributed by atoms with E-state index in [0.29, 0.717) is 44.3 Å². The molecule has 0 aliphatic heterocycles. The predicted molar refractivity (Wildman–Crippen MR) is 73.0 cm³/mol. The fraction of sp³-hybridized carbons (Fsp3) is 0.583. The standard InChI is InChI=1S/C12H18ClN3O3/c1-9-15-11(13)10(8-17)12(16-9)14-4-3-5-19-7-6-18-2/h8H,3-7H2,1-2H3,(H,14,15,16). The molecule has 0 unspecified atom stereocenters. The van der Waals surface area contributed by atoms with Crippen LogP contribution >= 0.6 is 11.6 Å². The van der Waals surface area contributed by atoms with E-state index in [-0.39, 0.29) is 10.7 Å². The number of halogens is 1. The number of aryl methyl sites for hydroxylation is 1. The highest BCUT2D eigenvalue weighted by Gasteiger charge is 2.10. The average Bonchev–Trinajstić information content (AvgIpc) is 2.37. The summed E-state index contributed by atoms with van der Waals surface area (Å²) >= 11 is 5.87. The van der Waals surface area contributed by atoms with Crippen molar-refractivity contribution < 1.29 is 14.3 Å². The van der Waals surface area contributed by atoms with E-state index in [0.717, 1.165) is 6.42 Å². The lowest BCUT2D eigenvalue weighted by Crippen LogP contribution is -2.11. The van der Waals surface area contributed by atoms with Crippen LogP contribution in [0.3, 0.4) is 0 Å². The Balaban J connectivity index is 2.38. The molecule has 1 heterocycles. The summed E-state index contributed by atoms with van der Waals surface area (Å²) in [7, 11) is 1.63. The number of carbonyl (C=O) groups is 1. The molecule has 0 aliphatic carbocycles. The van der Waals surface area contributed by atoms with Crippen molar-refractivity contribution in [2.45, 2.75) is 13.3 Å².